The average molecular weight is 341 g/mol. The Morgan fingerprint density at radius 3 is 2.78 bits per heavy atom. The smallest absolute Gasteiger partial charge is 0.303 e. The number of hydrogen-bond donors (Lipinski definition) is 1. The van der Waals surface area contributed by atoms with Gasteiger partial charge in [-0.25, -0.2) is 0 Å². The highest BCUT2D eigenvalue weighted by Crippen LogP contribution is 2.25. The van der Waals surface area contributed by atoms with Gasteiger partial charge >= 0.3 is 5.97 Å². The third-order valence-electron chi connectivity index (χ3n) is 3.91. The maximum atomic E-state index is 12.5. The SMILES string of the molecule is O=C(O)CCC1CCCN(C(=O)c2cc(Cl)cc([N+](=O)[O-])c2)C1. The fourth-order valence-electron chi connectivity index (χ4n) is 2.80. The second-order valence-corrected chi connectivity index (χ2v) is 6.08. The number of carboxylic acid groups (broad SMARTS) is 1. The minimum atomic E-state index is -0.848. The van der Waals surface area contributed by atoms with Crippen LogP contribution in [0.3, 0.4) is 0 Å². The summed E-state index contributed by atoms with van der Waals surface area (Å²) in [7, 11) is 0. The lowest BCUT2D eigenvalue weighted by atomic mass is 9.93. The number of likely N-dealkylation sites (tertiary alicyclic amines) is 1. The number of hydrogen-bond acceptors (Lipinski definition) is 4. The molecule has 8 heteroatoms. The van der Waals surface area contributed by atoms with E-state index >= 15 is 0 Å². The number of nitro benzene ring substituents is 1. The third kappa shape index (κ3) is 4.66. The molecule has 0 bridgehead atoms. The first-order chi connectivity index (χ1) is 10.9. The molecule has 1 atom stereocenters. The molecule has 0 radical (unpaired) electrons. The molecule has 2 rings (SSSR count). The van der Waals surface area contributed by atoms with Gasteiger partial charge in [0.1, 0.15) is 0 Å². The van der Waals surface area contributed by atoms with Gasteiger partial charge in [0.15, 0.2) is 0 Å². The molecule has 1 aromatic rings. The van der Waals surface area contributed by atoms with Crippen LogP contribution in [0, 0.1) is 16.0 Å². The van der Waals surface area contributed by atoms with Crippen molar-refractivity contribution in [2.45, 2.75) is 25.7 Å². The van der Waals surface area contributed by atoms with Crippen LogP contribution in [0.25, 0.3) is 0 Å². The Hall–Kier alpha value is -2.15. The first-order valence-corrected chi connectivity index (χ1v) is 7.70. The number of rotatable bonds is 5. The minimum Gasteiger partial charge on any atom is -0.481 e. The van der Waals surface area contributed by atoms with Gasteiger partial charge in [-0.3, -0.25) is 19.7 Å². The van der Waals surface area contributed by atoms with E-state index in [0.29, 0.717) is 19.5 Å². The predicted octanol–water partition coefficient (Wildman–Crippen LogP) is 2.97. The summed E-state index contributed by atoms with van der Waals surface area (Å²) >= 11 is 5.85. The van der Waals surface area contributed by atoms with Crippen LogP contribution in [0.15, 0.2) is 18.2 Å². The Morgan fingerprint density at radius 2 is 2.13 bits per heavy atom. The zero-order chi connectivity index (χ0) is 17.0. The molecular weight excluding hydrogens is 324 g/mol. The van der Waals surface area contributed by atoms with E-state index < -0.39 is 10.9 Å². The molecule has 124 valence electrons. The lowest BCUT2D eigenvalue weighted by molar-refractivity contribution is -0.384. The van der Waals surface area contributed by atoms with Crippen LogP contribution in [0.1, 0.15) is 36.0 Å². The van der Waals surface area contributed by atoms with Crippen molar-refractivity contribution in [1.82, 2.24) is 4.90 Å². The Kier molecular flexibility index (Phi) is 5.54. The van der Waals surface area contributed by atoms with Gasteiger partial charge in [-0.05, 0) is 31.2 Å². The quantitative estimate of drug-likeness (QED) is 0.656. The lowest BCUT2D eigenvalue weighted by Crippen LogP contribution is -2.40. The fourth-order valence-corrected chi connectivity index (χ4v) is 3.03. The molecule has 1 heterocycles. The largest absolute Gasteiger partial charge is 0.481 e. The summed E-state index contributed by atoms with van der Waals surface area (Å²) in [6.45, 7) is 1.02. The van der Waals surface area contributed by atoms with Crippen molar-refractivity contribution in [3.05, 3.63) is 38.9 Å². The van der Waals surface area contributed by atoms with Crippen molar-refractivity contribution in [3.63, 3.8) is 0 Å². The number of non-ortho nitro benzene ring substituents is 1. The highest BCUT2D eigenvalue weighted by atomic mass is 35.5. The fraction of sp³-hybridized carbons (Fsp3) is 0.467. The zero-order valence-electron chi connectivity index (χ0n) is 12.4. The van der Waals surface area contributed by atoms with Crippen LogP contribution in [-0.4, -0.2) is 39.9 Å². The lowest BCUT2D eigenvalue weighted by Gasteiger charge is -2.32. The molecule has 7 nitrogen and oxygen atoms in total. The van der Waals surface area contributed by atoms with Gasteiger partial charge in [0.25, 0.3) is 11.6 Å². The van der Waals surface area contributed by atoms with Gasteiger partial charge in [0, 0.05) is 42.2 Å². The van der Waals surface area contributed by atoms with E-state index in [4.69, 9.17) is 16.7 Å². The Morgan fingerprint density at radius 1 is 1.39 bits per heavy atom. The number of nitro groups is 1. The summed E-state index contributed by atoms with van der Waals surface area (Å²) in [4.78, 5) is 35.1. The maximum absolute atomic E-state index is 12.5. The van der Waals surface area contributed by atoms with E-state index in [1.54, 1.807) is 4.90 Å². The number of piperidine rings is 1. The molecule has 0 aliphatic carbocycles. The molecule has 1 aliphatic heterocycles. The standard InChI is InChI=1S/C15H17ClN2O5/c16-12-6-11(7-13(8-12)18(22)23)15(21)17-5-1-2-10(9-17)3-4-14(19)20/h6-8,10H,1-5,9H2,(H,19,20). The van der Waals surface area contributed by atoms with E-state index in [0.717, 1.165) is 12.8 Å². The van der Waals surface area contributed by atoms with E-state index in [9.17, 15) is 19.7 Å². The number of amides is 1. The number of carbonyl (C=O) groups is 2. The van der Waals surface area contributed by atoms with E-state index in [1.807, 2.05) is 0 Å². The number of benzene rings is 1. The van der Waals surface area contributed by atoms with Gasteiger partial charge in [-0.1, -0.05) is 11.6 Å². The monoisotopic (exact) mass is 340 g/mol. The van der Waals surface area contributed by atoms with Crippen LogP contribution in [-0.2, 0) is 4.79 Å². The van der Waals surface area contributed by atoms with Crippen LogP contribution in [0.2, 0.25) is 5.02 Å². The second kappa shape index (κ2) is 7.41. The number of carbonyl (C=O) groups excluding carboxylic acids is 1. The summed E-state index contributed by atoms with van der Waals surface area (Å²) in [5, 5.41) is 19.8. The summed E-state index contributed by atoms with van der Waals surface area (Å²) in [6, 6.07) is 3.83. The van der Waals surface area contributed by atoms with Gasteiger partial charge in [0.05, 0.1) is 4.92 Å². The van der Waals surface area contributed by atoms with Gasteiger partial charge in [-0.15, -0.1) is 0 Å². The van der Waals surface area contributed by atoms with Gasteiger partial charge in [-0.2, -0.15) is 0 Å². The van der Waals surface area contributed by atoms with Crippen molar-refractivity contribution in [1.29, 1.82) is 0 Å². The van der Waals surface area contributed by atoms with E-state index in [1.165, 1.54) is 18.2 Å². The van der Waals surface area contributed by atoms with Crippen LogP contribution >= 0.6 is 11.6 Å². The normalized spacial score (nSPS) is 17.8. The molecule has 1 fully saturated rings. The highest BCUT2D eigenvalue weighted by molar-refractivity contribution is 6.31. The van der Waals surface area contributed by atoms with Crippen molar-refractivity contribution in [2.75, 3.05) is 13.1 Å². The molecule has 1 amide bonds. The van der Waals surface area contributed by atoms with E-state index in [-0.39, 0.29) is 34.5 Å². The summed E-state index contributed by atoms with van der Waals surface area (Å²) in [5.41, 5.74) is -0.0385. The minimum absolute atomic E-state index is 0.0787. The number of halogens is 1. The van der Waals surface area contributed by atoms with Crippen LogP contribution in [0.4, 0.5) is 5.69 Å². The molecule has 0 spiro atoms. The summed E-state index contributed by atoms with van der Waals surface area (Å²) < 4.78 is 0. The topological polar surface area (TPSA) is 101 Å². The average Bonchev–Trinajstić information content (AvgIpc) is 2.51. The van der Waals surface area contributed by atoms with Crippen molar-refractivity contribution < 1.29 is 19.6 Å². The first kappa shape index (κ1) is 17.2. The molecule has 0 saturated carbocycles. The molecule has 1 aliphatic rings. The predicted molar refractivity (Wildman–Crippen MR) is 83.6 cm³/mol. The Labute approximate surface area is 138 Å². The van der Waals surface area contributed by atoms with Gasteiger partial charge < -0.3 is 10.0 Å². The van der Waals surface area contributed by atoms with Crippen molar-refractivity contribution in [3.8, 4) is 0 Å². The summed E-state index contributed by atoms with van der Waals surface area (Å²) in [6.07, 6.45) is 2.27. The molecule has 23 heavy (non-hydrogen) atoms. The van der Waals surface area contributed by atoms with Gasteiger partial charge in [0.2, 0.25) is 0 Å². The van der Waals surface area contributed by atoms with Crippen LogP contribution in [0.5, 0.6) is 0 Å². The van der Waals surface area contributed by atoms with Crippen molar-refractivity contribution >= 4 is 29.2 Å². The van der Waals surface area contributed by atoms with E-state index in [2.05, 4.69) is 0 Å². The molecule has 0 aromatic heterocycles. The molecule has 1 unspecified atom stereocenters. The highest BCUT2D eigenvalue weighted by Gasteiger charge is 2.26. The number of aliphatic carboxylic acids is 1. The Balaban J connectivity index is 2.10. The molecule has 1 saturated heterocycles. The summed E-state index contributed by atoms with van der Waals surface area (Å²) in [5.74, 6) is -1.02. The Bertz CT molecular complexity index is 634. The number of carboxylic acids is 1. The molecule has 1 N–H and O–H groups in total. The molecular formula is C15H17ClN2O5. The van der Waals surface area contributed by atoms with Crippen molar-refractivity contribution in [2.24, 2.45) is 5.92 Å². The first-order valence-electron chi connectivity index (χ1n) is 7.33. The number of nitrogens with zero attached hydrogens (tertiary/aromatic N) is 2. The zero-order valence-corrected chi connectivity index (χ0v) is 13.2. The molecule has 1 aromatic carbocycles. The third-order valence-corrected chi connectivity index (χ3v) is 4.13. The van der Waals surface area contributed by atoms with Crippen LogP contribution < -0.4 is 0 Å². The second-order valence-electron chi connectivity index (χ2n) is 5.65. The maximum Gasteiger partial charge on any atom is 0.303 e.